The average molecular weight is 243 g/mol. The lowest BCUT2D eigenvalue weighted by molar-refractivity contribution is -0.365. The molecule has 0 aliphatic carbocycles. The van der Waals surface area contributed by atoms with Crippen molar-refractivity contribution in [1.29, 1.82) is 0 Å². The summed E-state index contributed by atoms with van der Waals surface area (Å²) in [5, 5.41) is 0. The Morgan fingerprint density at radius 2 is 1.86 bits per heavy atom. The van der Waals surface area contributed by atoms with Gasteiger partial charge in [-0.3, -0.25) is 0 Å². The van der Waals surface area contributed by atoms with E-state index >= 15 is 0 Å². The molecular formula is C8H19ClO4Si. The molecule has 1 unspecified atom stereocenters. The molecule has 0 heterocycles. The smallest absolute Gasteiger partial charge is 0.300 e. The van der Waals surface area contributed by atoms with Crippen LogP contribution in [0.1, 0.15) is 12.8 Å². The van der Waals surface area contributed by atoms with Crippen LogP contribution in [-0.4, -0.2) is 49.8 Å². The van der Waals surface area contributed by atoms with Crippen molar-refractivity contribution in [3.63, 3.8) is 0 Å². The van der Waals surface area contributed by atoms with Gasteiger partial charge in [-0.1, -0.05) is 0 Å². The highest BCUT2D eigenvalue weighted by molar-refractivity contribution is 6.17. The third-order valence-corrected chi connectivity index (χ3v) is 2.97. The summed E-state index contributed by atoms with van der Waals surface area (Å²) in [6, 6.07) is 0. The summed E-state index contributed by atoms with van der Waals surface area (Å²) >= 11 is 5.61. The van der Waals surface area contributed by atoms with Crippen LogP contribution in [0.5, 0.6) is 0 Å². The zero-order valence-corrected chi connectivity index (χ0v) is 12.0. The summed E-state index contributed by atoms with van der Waals surface area (Å²) in [5.74, 6) is -0.489. The Bertz CT molecular complexity index is 135. The van der Waals surface area contributed by atoms with Gasteiger partial charge in [0.05, 0.1) is 0 Å². The van der Waals surface area contributed by atoms with Gasteiger partial charge in [0.1, 0.15) is 6.10 Å². The first-order valence-electron chi connectivity index (χ1n) is 4.45. The Hall–Kier alpha value is 0.347. The highest BCUT2D eigenvalue weighted by atomic mass is 35.5. The Labute approximate surface area is 93.3 Å². The van der Waals surface area contributed by atoms with Crippen LogP contribution < -0.4 is 0 Å². The van der Waals surface area contributed by atoms with Crippen LogP contribution in [0, 0.1) is 0 Å². The highest BCUT2D eigenvalue weighted by Gasteiger charge is 2.39. The average Bonchev–Trinajstić information content (AvgIpc) is 2.25. The zero-order valence-electron chi connectivity index (χ0n) is 9.21. The van der Waals surface area contributed by atoms with Crippen molar-refractivity contribution in [1.82, 2.24) is 0 Å². The Kier molecular flexibility index (Phi) is 7.80. The van der Waals surface area contributed by atoms with Crippen LogP contribution in [0.4, 0.5) is 0 Å². The summed E-state index contributed by atoms with van der Waals surface area (Å²) in [5.41, 5.74) is 0. The van der Waals surface area contributed by atoms with E-state index in [2.05, 4.69) is 0 Å². The van der Waals surface area contributed by atoms with Crippen LogP contribution in [0.3, 0.4) is 0 Å². The fraction of sp³-hybridized carbons (Fsp3) is 1.00. The second-order valence-corrected chi connectivity index (χ2v) is 3.56. The van der Waals surface area contributed by atoms with Crippen LogP contribution in [0.2, 0.25) is 0 Å². The molecule has 0 aromatic carbocycles. The molecule has 0 N–H and O–H groups in total. The van der Waals surface area contributed by atoms with Gasteiger partial charge < -0.3 is 18.6 Å². The summed E-state index contributed by atoms with van der Waals surface area (Å²) in [4.78, 5) is 0. The monoisotopic (exact) mass is 242 g/mol. The lowest BCUT2D eigenvalue weighted by Crippen LogP contribution is -2.49. The number of hydrogen-bond acceptors (Lipinski definition) is 4. The highest BCUT2D eigenvalue weighted by Crippen LogP contribution is 2.23. The summed E-state index contributed by atoms with van der Waals surface area (Å²) in [6.45, 7) is 0. The van der Waals surface area contributed by atoms with Gasteiger partial charge in [0, 0.05) is 27.2 Å². The van der Waals surface area contributed by atoms with Crippen molar-refractivity contribution < 1.29 is 18.6 Å². The van der Waals surface area contributed by atoms with Crippen molar-refractivity contribution in [2.24, 2.45) is 0 Å². The largest absolute Gasteiger partial charge is 0.378 e. The molecule has 0 saturated carbocycles. The third kappa shape index (κ3) is 3.49. The first-order valence-corrected chi connectivity index (χ1v) is 5.80. The van der Waals surface area contributed by atoms with Crippen molar-refractivity contribution in [2.45, 2.75) is 24.9 Å². The number of ether oxygens (including phenoxy) is 3. The summed E-state index contributed by atoms with van der Waals surface area (Å²) in [7, 11) is 5.19. The van der Waals surface area contributed by atoms with Gasteiger partial charge >= 0.3 is 0 Å². The van der Waals surface area contributed by atoms with Crippen molar-refractivity contribution in [3.8, 4) is 0 Å². The predicted octanol–water partition coefficient (Wildman–Crippen LogP) is 0.264. The maximum absolute atomic E-state index is 5.61. The maximum atomic E-state index is 5.61. The van der Waals surface area contributed by atoms with E-state index in [1.807, 2.05) is 0 Å². The molecule has 0 rings (SSSR count). The first-order chi connectivity index (χ1) is 6.70. The molecule has 0 fully saturated rings. The lowest BCUT2D eigenvalue weighted by Gasteiger charge is -2.35. The minimum Gasteiger partial charge on any atom is -0.378 e. The summed E-state index contributed by atoms with van der Waals surface area (Å²) in [6.07, 6.45) is 1.32. The molecule has 0 bridgehead atoms. The quantitative estimate of drug-likeness (QED) is 0.348. The molecule has 14 heavy (non-hydrogen) atoms. The lowest BCUT2D eigenvalue weighted by atomic mass is 10.2. The van der Waals surface area contributed by atoms with Gasteiger partial charge in [-0.05, 0) is 12.8 Å². The molecule has 0 radical (unpaired) electrons. The van der Waals surface area contributed by atoms with Crippen molar-refractivity contribution in [3.05, 3.63) is 0 Å². The van der Waals surface area contributed by atoms with E-state index in [0.29, 0.717) is 16.4 Å². The second-order valence-electron chi connectivity index (χ2n) is 2.77. The molecule has 0 aromatic rings. The van der Waals surface area contributed by atoms with E-state index in [9.17, 15) is 0 Å². The normalized spacial score (nSPS) is 14.6. The molecule has 4 nitrogen and oxygen atoms in total. The number of hydrogen-bond donors (Lipinski definition) is 0. The minimum absolute atomic E-state index is 0.256. The van der Waals surface area contributed by atoms with E-state index in [1.165, 1.54) is 14.2 Å². The van der Waals surface area contributed by atoms with Gasteiger partial charge in [0.2, 0.25) is 0 Å². The van der Waals surface area contributed by atoms with E-state index < -0.39 is 5.97 Å². The second kappa shape index (κ2) is 7.61. The fourth-order valence-electron chi connectivity index (χ4n) is 1.35. The van der Waals surface area contributed by atoms with Crippen molar-refractivity contribution >= 4 is 22.1 Å². The number of alkyl halides is 1. The number of halogens is 1. The number of methoxy groups -OCH3 is 3. The third-order valence-electron chi connectivity index (χ3n) is 2.13. The van der Waals surface area contributed by atoms with Gasteiger partial charge in [0.25, 0.3) is 5.97 Å². The first kappa shape index (κ1) is 14.3. The predicted molar refractivity (Wildman–Crippen MR) is 58.5 cm³/mol. The minimum atomic E-state index is -1.08. The molecule has 1 atom stereocenters. The van der Waals surface area contributed by atoms with Gasteiger partial charge in [-0.15, -0.1) is 11.6 Å². The van der Waals surface area contributed by atoms with E-state index in [-0.39, 0.29) is 6.10 Å². The van der Waals surface area contributed by atoms with E-state index in [1.54, 1.807) is 7.11 Å². The van der Waals surface area contributed by atoms with E-state index in [4.69, 9.17) is 30.2 Å². The topological polar surface area (TPSA) is 36.9 Å². The molecule has 0 aliphatic rings. The molecule has 0 amide bonds. The standard InChI is InChI=1S/C8H19ClO4Si/c1-10-7(5-4-6-9)8(11-2,12-3)13-14/h7H,4-6H2,1-3,14H3. The Balaban J connectivity index is 4.40. The Morgan fingerprint density at radius 3 is 2.14 bits per heavy atom. The molecule has 0 aromatic heterocycles. The Morgan fingerprint density at radius 1 is 1.29 bits per heavy atom. The molecule has 86 valence electrons. The van der Waals surface area contributed by atoms with E-state index in [0.717, 1.165) is 12.8 Å². The van der Waals surface area contributed by atoms with Gasteiger partial charge in [-0.2, -0.15) is 0 Å². The van der Waals surface area contributed by atoms with Crippen LogP contribution in [-0.2, 0) is 18.6 Å². The summed E-state index contributed by atoms with van der Waals surface area (Å²) < 4.78 is 21.0. The van der Waals surface area contributed by atoms with Crippen LogP contribution in [0.15, 0.2) is 0 Å². The molecular weight excluding hydrogens is 224 g/mol. The van der Waals surface area contributed by atoms with Crippen LogP contribution >= 0.6 is 11.6 Å². The van der Waals surface area contributed by atoms with Crippen molar-refractivity contribution in [2.75, 3.05) is 27.2 Å². The fourth-order valence-corrected chi connectivity index (χ4v) is 2.10. The SMILES string of the molecule is COC(CCCCl)C(OC)(OC)O[SiH3]. The van der Waals surface area contributed by atoms with Crippen LogP contribution in [0.25, 0.3) is 0 Å². The molecule has 0 spiro atoms. The number of rotatable bonds is 8. The zero-order chi connectivity index (χ0) is 11.0. The maximum Gasteiger partial charge on any atom is 0.300 e. The molecule has 0 saturated heterocycles. The molecule has 6 heteroatoms. The van der Waals surface area contributed by atoms with Gasteiger partial charge in [-0.25, -0.2) is 0 Å². The van der Waals surface area contributed by atoms with Gasteiger partial charge in [0.15, 0.2) is 10.5 Å². The molecule has 0 aliphatic heterocycles.